The highest BCUT2D eigenvalue weighted by Crippen LogP contribution is 2.18. The maximum Gasteiger partial charge on any atom is 0.356 e. The van der Waals surface area contributed by atoms with E-state index in [0.717, 1.165) is 5.56 Å². The van der Waals surface area contributed by atoms with Crippen molar-refractivity contribution < 1.29 is 19.5 Å². The summed E-state index contributed by atoms with van der Waals surface area (Å²) in [5.74, 6) is -0.0269. The standard InChI is InChI=1S/C11H13NO4/c1-15-10-6-4-3-5-8(10)7-9(12-14)11(13)16-2/h3-6,14H,7H2,1-2H3/b12-9-. The summed E-state index contributed by atoms with van der Waals surface area (Å²) in [6.45, 7) is 0. The molecule has 0 unspecified atom stereocenters. The lowest BCUT2D eigenvalue weighted by atomic mass is 10.1. The Morgan fingerprint density at radius 2 is 2.06 bits per heavy atom. The highest BCUT2D eigenvalue weighted by Gasteiger charge is 2.15. The molecule has 0 atom stereocenters. The highest BCUT2D eigenvalue weighted by atomic mass is 16.5. The Balaban J connectivity index is 2.90. The molecule has 0 spiro atoms. The summed E-state index contributed by atoms with van der Waals surface area (Å²) in [6.07, 6.45) is 0.160. The van der Waals surface area contributed by atoms with Crippen molar-refractivity contribution in [1.82, 2.24) is 0 Å². The molecule has 16 heavy (non-hydrogen) atoms. The van der Waals surface area contributed by atoms with Gasteiger partial charge in [0.05, 0.1) is 14.2 Å². The summed E-state index contributed by atoms with van der Waals surface area (Å²) in [5.41, 5.74) is 0.690. The van der Waals surface area contributed by atoms with E-state index < -0.39 is 5.97 Å². The molecule has 0 heterocycles. The SMILES string of the molecule is COC(=O)/C(Cc1ccccc1OC)=N\O. The molecule has 0 aromatic heterocycles. The summed E-state index contributed by atoms with van der Waals surface area (Å²) in [4.78, 5) is 11.2. The van der Waals surface area contributed by atoms with Crippen molar-refractivity contribution in [1.29, 1.82) is 0 Å². The molecule has 0 aliphatic rings. The van der Waals surface area contributed by atoms with Crippen molar-refractivity contribution in [3.63, 3.8) is 0 Å². The number of para-hydroxylation sites is 1. The first-order chi connectivity index (χ1) is 7.72. The van der Waals surface area contributed by atoms with Crippen LogP contribution in [0.2, 0.25) is 0 Å². The van der Waals surface area contributed by atoms with Crippen LogP contribution < -0.4 is 4.74 Å². The van der Waals surface area contributed by atoms with Crippen LogP contribution in [0.4, 0.5) is 0 Å². The van der Waals surface area contributed by atoms with Crippen LogP contribution in [-0.2, 0) is 16.0 Å². The Hall–Kier alpha value is -2.04. The minimum absolute atomic E-state index is 0.0630. The van der Waals surface area contributed by atoms with E-state index in [4.69, 9.17) is 9.94 Å². The van der Waals surface area contributed by atoms with Crippen molar-refractivity contribution in [2.24, 2.45) is 5.16 Å². The molecule has 0 aliphatic heterocycles. The number of benzene rings is 1. The number of hydrogen-bond donors (Lipinski definition) is 1. The van der Waals surface area contributed by atoms with Gasteiger partial charge in [-0.15, -0.1) is 0 Å². The van der Waals surface area contributed by atoms with Gasteiger partial charge in [-0.05, 0) is 6.07 Å². The Kier molecular flexibility index (Phi) is 4.32. The second-order valence-corrected chi connectivity index (χ2v) is 3.03. The smallest absolute Gasteiger partial charge is 0.356 e. The van der Waals surface area contributed by atoms with Crippen LogP contribution in [0, 0.1) is 0 Å². The van der Waals surface area contributed by atoms with Gasteiger partial charge in [-0.25, -0.2) is 4.79 Å². The van der Waals surface area contributed by atoms with Crippen molar-refractivity contribution in [3.05, 3.63) is 29.8 Å². The zero-order chi connectivity index (χ0) is 12.0. The van der Waals surface area contributed by atoms with E-state index in [1.165, 1.54) is 14.2 Å². The minimum Gasteiger partial charge on any atom is -0.496 e. The van der Waals surface area contributed by atoms with Gasteiger partial charge in [0.25, 0.3) is 0 Å². The molecule has 0 saturated heterocycles. The molecule has 1 rings (SSSR count). The zero-order valence-corrected chi connectivity index (χ0v) is 9.14. The lowest BCUT2D eigenvalue weighted by molar-refractivity contribution is -0.132. The number of methoxy groups -OCH3 is 2. The Bertz CT molecular complexity index is 401. The number of hydrogen-bond acceptors (Lipinski definition) is 5. The third-order valence-corrected chi connectivity index (χ3v) is 2.09. The largest absolute Gasteiger partial charge is 0.496 e. The fourth-order valence-corrected chi connectivity index (χ4v) is 1.30. The monoisotopic (exact) mass is 223 g/mol. The van der Waals surface area contributed by atoms with Crippen molar-refractivity contribution in [2.75, 3.05) is 14.2 Å². The first kappa shape index (κ1) is 12.0. The second-order valence-electron chi connectivity index (χ2n) is 3.03. The molecule has 5 nitrogen and oxygen atoms in total. The quantitative estimate of drug-likeness (QED) is 0.361. The van der Waals surface area contributed by atoms with Gasteiger partial charge in [0.2, 0.25) is 0 Å². The van der Waals surface area contributed by atoms with Gasteiger partial charge in [0.1, 0.15) is 5.75 Å². The lowest BCUT2D eigenvalue weighted by Crippen LogP contribution is -2.18. The molecular formula is C11H13NO4. The van der Waals surface area contributed by atoms with Gasteiger partial charge in [-0.2, -0.15) is 0 Å². The van der Waals surface area contributed by atoms with E-state index in [1.807, 2.05) is 12.1 Å². The average Bonchev–Trinajstić information content (AvgIpc) is 2.35. The zero-order valence-electron chi connectivity index (χ0n) is 9.14. The summed E-state index contributed by atoms with van der Waals surface area (Å²) in [5, 5.41) is 11.6. The maximum atomic E-state index is 11.2. The van der Waals surface area contributed by atoms with Crippen LogP contribution in [-0.4, -0.2) is 31.1 Å². The van der Waals surface area contributed by atoms with Crippen molar-refractivity contribution in [2.45, 2.75) is 6.42 Å². The van der Waals surface area contributed by atoms with E-state index in [1.54, 1.807) is 12.1 Å². The predicted molar refractivity (Wildman–Crippen MR) is 57.9 cm³/mol. The van der Waals surface area contributed by atoms with E-state index in [9.17, 15) is 4.79 Å². The molecule has 0 fully saturated rings. The molecule has 1 aromatic rings. The molecular weight excluding hydrogens is 210 g/mol. The number of rotatable bonds is 4. The predicted octanol–water partition coefficient (Wildman–Crippen LogP) is 1.24. The number of esters is 1. The Morgan fingerprint density at radius 1 is 1.38 bits per heavy atom. The van der Waals surface area contributed by atoms with Crippen LogP contribution in [0.5, 0.6) is 5.75 Å². The number of carbonyl (C=O) groups excluding carboxylic acids is 1. The van der Waals surface area contributed by atoms with Gasteiger partial charge < -0.3 is 14.7 Å². The Morgan fingerprint density at radius 3 is 2.62 bits per heavy atom. The van der Waals surface area contributed by atoms with E-state index in [2.05, 4.69) is 9.89 Å². The van der Waals surface area contributed by atoms with Gasteiger partial charge in [-0.1, -0.05) is 23.4 Å². The molecule has 0 radical (unpaired) electrons. The normalized spacial score (nSPS) is 11.0. The number of ether oxygens (including phenoxy) is 2. The molecule has 0 saturated carbocycles. The lowest BCUT2D eigenvalue weighted by Gasteiger charge is -2.07. The third kappa shape index (κ3) is 2.73. The fourth-order valence-electron chi connectivity index (χ4n) is 1.30. The molecule has 5 heteroatoms. The minimum atomic E-state index is -0.659. The molecule has 86 valence electrons. The van der Waals surface area contributed by atoms with E-state index in [-0.39, 0.29) is 12.1 Å². The van der Waals surface area contributed by atoms with Crippen LogP contribution in [0.1, 0.15) is 5.56 Å². The maximum absolute atomic E-state index is 11.2. The van der Waals surface area contributed by atoms with Crippen molar-refractivity contribution in [3.8, 4) is 5.75 Å². The van der Waals surface area contributed by atoms with Gasteiger partial charge in [-0.3, -0.25) is 0 Å². The fraction of sp³-hybridized carbons (Fsp3) is 0.273. The number of oxime groups is 1. The van der Waals surface area contributed by atoms with Crippen LogP contribution in [0.3, 0.4) is 0 Å². The van der Waals surface area contributed by atoms with Crippen LogP contribution in [0.15, 0.2) is 29.4 Å². The molecule has 0 amide bonds. The van der Waals surface area contributed by atoms with E-state index in [0.29, 0.717) is 5.75 Å². The van der Waals surface area contributed by atoms with Crippen LogP contribution >= 0.6 is 0 Å². The first-order valence-corrected chi connectivity index (χ1v) is 4.64. The van der Waals surface area contributed by atoms with Gasteiger partial charge >= 0.3 is 5.97 Å². The molecule has 0 bridgehead atoms. The molecule has 0 aliphatic carbocycles. The summed E-state index contributed by atoms with van der Waals surface area (Å²) in [7, 11) is 2.77. The number of carbonyl (C=O) groups is 1. The second kappa shape index (κ2) is 5.75. The Labute approximate surface area is 93.3 Å². The van der Waals surface area contributed by atoms with Gasteiger partial charge in [0.15, 0.2) is 5.71 Å². The summed E-state index contributed by atoms with van der Waals surface area (Å²) >= 11 is 0. The van der Waals surface area contributed by atoms with Gasteiger partial charge in [0, 0.05) is 12.0 Å². The summed E-state index contributed by atoms with van der Waals surface area (Å²) < 4.78 is 9.59. The van der Waals surface area contributed by atoms with Crippen LogP contribution in [0.25, 0.3) is 0 Å². The summed E-state index contributed by atoms with van der Waals surface area (Å²) in [6, 6.07) is 7.18. The molecule has 1 aromatic carbocycles. The number of nitrogens with zero attached hydrogens (tertiary/aromatic N) is 1. The molecule has 1 N–H and O–H groups in total. The average molecular weight is 223 g/mol. The van der Waals surface area contributed by atoms with E-state index >= 15 is 0 Å². The topological polar surface area (TPSA) is 68.1 Å². The van der Waals surface area contributed by atoms with Crippen molar-refractivity contribution >= 4 is 11.7 Å². The first-order valence-electron chi connectivity index (χ1n) is 4.64. The highest BCUT2D eigenvalue weighted by molar-refractivity contribution is 6.36. The third-order valence-electron chi connectivity index (χ3n) is 2.09.